The van der Waals surface area contributed by atoms with Crippen molar-refractivity contribution in [1.82, 2.24) is 14.8 Å². The van der Waals surface area contributed by atoms with Crippen molar-refractivity contribution in [3.63, 3.8) is 0 Å². The quantitative estimate of drug-likeness (QED) is 0.323. The van der Waals surface area contributed by atoms with Crippen LogP contribution in [0.3, 0.4) is 0 Å². The molecule has 2 N–H and O–H groups in total. The second kappa shape index (κ2) is 8.61. The number of nitrogens with zero attached hydrogens (tertiary/aromatic N) is 3. The highest BCUT2D eigenvalue weighted by Crippen LogP contribution is 2.35. The third kappa shape index (κ3) is 4.15. The summed E-state index contributed by atoms with van der Waals surface area (Å²) in [7, 11) is 1.74. The molecule has 0 aliphatic carbocycles. The number of esters is 1. The molecule has 0 saturated heterocycles. The number of hydrogen-bond acceptors (Lipinski definition) is 6. The topological polar surface area (TPSA) is 81.1 Å². The maximum atomic E-state index is 14.0. The average molecular weight is 440 g/mol. The lowest BCUT2D eigenvalue weighted by atomic mass is 10.0. The van der Waals surface area contributed by atoms with Crippen LogP contribution in [-0.2, 0) is 11.8 Å². The van der Waals surface area contributed by atoms with Gasteiger partial charge in [-0.1, -0.05) is 23.7 Å². The van der Waals surface area contributed by atoms with Gasteiger partial charge in [0.15, 0.2) is 5.65 Å². The summed E-state index contributed by atoms with van der Waals surface area (Å²) in [6.07, 6.45) is 1.60. The van der Waals surface area contributed by atoms with Crippen molar-refractivity contribution in [3.8, 4) is 11.3 Å². The van der Waals surface area contributed by atoms with Crippen LogP contribution in [0.5, 0.6) is 0 Å². The molecule has 2 aromatic carbocycles. The van der Waals surface area contributed by atoms with E-state index in [-0.39, 0.29) is 17.9 Å². The molecule has 158 valence electrons. The minimum atomic E-state index is -0.583. The van der Waals surface area contributed by atoms with Crippen LogP contribution in [0.2, 0.25) is 5.02 Å². The van der Waals surface area contributed by atoms with Gasteiger partial charge in [-0.25, -0.2) is 14.2 Å². The molecule has 0 bridgehead atoms. The Balaban J connectivity index is 1.91. The largest absolute Gasteiger partial charge is 0.462 e. The second-order valence-electron chi connectivity index (χ2n) is 6.70. The second-order valence-corrected chi connectivity index (χ2v) is 7.14. The fraction of sp³-hybridized carbons (Fsp3) is 0.136. The first kappa shape index (κ1) is 20.6. The molecule has 0 fully saturated rings. The van der Waals surface area contributed by atoms with E-state index in [0.717, 1.165) is 5.69 Å². The highest BCUT2D eigenvalue weighted by atomic mass is 35.5. The number of rotatable bonds is 6. The van der Waals surface area contributed by atoms with Crippen LogP contribution in [0.4, 0.5) is 15.8 Å². The Kier molecular flexibility index (Phi) is 5.73. The van der Waals surface area contributed by atoms with Crippen LogP contribution >= 0.6 is 11.6 Å². The molecule has 2 aromatic heterocycles. The minimum absolute atomic E-state index is 0.175. The summed E-state index contributed by atoms with van der Waals surface area (Å²) in [6, 6.07) is 13.0. The molecule has 4 rings (SSSR count). The number of anilines is 2. The molecule has 9 heteroatoms. The van der Waals surface area contributed by atoms with E-state index >= 15 is 0 Å². The van der Waals surface area contributed by atoms with Crippen LogP contribution in [0, 0.1) is 5.82 Å². The first-order chi connectivity index (χ1) is 15.0. The van der Waals surface area contributed by atoms with Crippen LogP contribution in [0.25, 0.3) is 22.3 Å². The third-order valence-electron chi connectivity index (χ3n) is 4.63. The number of benzene rings is 2. The maximum absolute atomic E-state index is 14.0. The van der Waals surface area contributed by atoms with Gasteiger partial charge < -0.3 is 10.2 Å². The van der Waals surface area contributed by atoms with E-state index in [4.69, 9.17) is 16.3 Å². The molecular weight excluding hydrogens is 421 g/mol. The molecule has 0 saturated carbocycles. The summed E-state index contributed by atoms with van der Waals surface area (Å²) in [5.41, 5.74) is 8.72. The summed E-state index contributed by atoms with van der Waals surface area (Å²) in [5.74, 6) is -1.02. The van der Waals surface area contributed by atoms with Crippen LogP contribution < -0.4 is 10.9 Å². The Morgan fingerprint density at radius 1 is 1.19 bits per heavy atom. The lowest BCUT2D eigenvalue weighted by molar-refractivity contribution is 0.0528. The van der Waals surface area contributed by atoms with Crippen molar-refractivity contribution >= 4 is 40.0 Å². The van der Waals surface area contributed by atoms with Gasteiger partial charge in [0, 0.05) is 17.6 Å². The van der Waals surface area contributed by atoms with Gasteiger partial charge in [-0.2, -0.15) is 5.10 Å². The van der Waals surface area contributed by atoms with Crippen molar-refractivity contribution in [3.05, 3.63) is 71.1 Å². The molecule has 0 unspecified atom stereocenters. The average Bonchev–Trinajstić information content (AvgIpc) is 3.13. The van der Waals surface area contributed by atoms with Gasteiger partial charge in [0.25, 0.3) is 0 Å². The lowest BCUT2D eigenvalue weighted by Gasteiger charge is -2.17. The monoisotopic (exact) mass is 439 g/mol. The zero-order valence-electron chi connectivity index (χ0n) is 16.8. The Bertz CT molecular complexity index is 1260. The number of ether oxygens (including phenoxy) is 1. The molecule has 0 spiro atoms. The van der Waals surface area contributed by atoms with E-state index in [0.29, 0.717) is 27.3 Å². The fourth-order valence-corrected chi connectivity index (χ4v) is 3.33. The number of nitrogens with one attached hydrogen (secondary N) is 2. The number of hydrazine groups is 1. The molecular formula is C22H19ClFN5O2. The zero-order chi connectivity index (χ0) is 22.0. The predicted octanol–water partition coefficient (Wildman–Crippen LogP) is 5.04. The van der Waals surface area contributed by atoms with Crippen molar-refractivity contribution in [2.24, 2.45) is 7.05 Å². The summed E-state index contributed by atoms with van der Waals surface area (Å²) in [4.78, 5) is 17.6. The van der Waals surface area contributed by atoms with Gasteiger partial charge in [0.05, 0.1) is 35.3 Å². The molecule has 2 heterocycles. The molecule has 0 atom stereocenters. The lowest BCUT2D eigenvalue weighted by Crippen LogP contribution is -2.17. The van der Waals surface area contributed by atoms with E-state index in [1.807, 2.05) is 0 Å². The van der Waals surface area contributed by atoms with Gasteiger partial charge in [0.1, 0.15) is 11.4 Å². The minimum Gasteiger partial charge on any atom is -0.462 e. The molecule has 31 heavy (non-hydrogen) atoms. The predicted molar refractivity (Wildman–Crippen MR) is 119 cm³/mol. The number of hydrogen-bond donors (Lipinski definition) is 2. The Hall–Kier alpha value is -3.65. The van der Waals surface area contributed by atoms with Gasteiger partial charge >= 0.3 is 5.97 Å². The first-order valence-electron chi connectivity index (χ1n) is 9.54. The number of aryl methyl sites for hydroxylation is 1. The number of fused-ring (bicyclic) bond motifs is 1. The molecule has 4 aromatic rings. The highest BCUT2D eigenvalue weighted by Gasteiger charge is 2.25. The van der Waals surface area contributed by atoms with E-state index in [1.165, 1.54) is 12.1 Å². The zero-order valence-corrected chi connectivity index (χ0v) is 17.6. The van der Waals surface area contributed by atoms with Crippen molar-refractivity contribution in [1.29, 1.82) is 0 Å². The van der Waals surface area contributed by atoms with Gasteiger partial charge in [-0.3, -0.25) is 10.1 Å². The van der Waals surface area contributed by atoms with Crippen molar-refractivity contribution in [2.75, 3.05) is 17.5 Å². The molecule has 0 amide bonds. The smallest absolute Gasteiger partial charge is 0.342 e. The molecule has 0 aliphatic rings. The van der Waals surface area contributed by atoms with Crippen molar-refractivity contribution in [2.45, 2.75) is 6.92 Å². The third-order valence-corrected chi connectivity index (χ3v) is 4.89. The molecule has 0 radical (unpaired) electrons. The maximum Gasteiger partial charge on any atom is 0.342 e. The van der Waals surface area contributed by atoms with Crippen LogP contribution in [0.15, 0.2) is 54.7 Å². The van der Waals surface area contributed by atoms with E-state index in [1.54, 1.807) is 61.2 Å². The Morgan fingerprint density at radius 2 is 1.97 bits per heavy atom. The standard InChI is InChI=1S/C22H19ClFN5O2/c1-3-31-22(30)18-19(13-5-4-6-15(24)11-13)26-21-17(12-25-29(21)2)20(18)28-27-16-9-7-14(23)8-10-16/h4-12,27H,3H2,1-2H3,(H,26,28). The Morgan fingerprint density at radius 3 is 2.68 bits per heavy atom. The fourth-order valence-electron chi connectivity index (χ4n) is 3.20. The number of carbonyl (C=O) groups excluding carboxylic acids is 1. The SMILES string of the molecule is CCOC(=O)c1c(-c2cccc(F)c2)nc2c(cnn2C)c1NNc1ccc(Cl)cc1. The summed E-state index contributed by atoms with van der Waals surface area (Å²) in [5, 5.41) is 5.47. The molecule has 0 aliphatic heterocycles. The van der Waals surface area contributed by atoms with Crippen LogP contribution in [-0.4, -0.2) is 27.3 Å². The normalized spacial score (nSPS) is 10.8. The van der Waals surface area contributed by atoms with Gasteiger partial charge in [0.2, 0.25) is 0 Å². The van der Waals surface area contributed by atoms with Crippen molar-refractivity contribution < 1.29 is 13.9 Å². The number of pyridine rings is 1. The van der Waals surface area contributed by atoms with E-state index in [2.05, 4.69) is 20.9 Å². The number of aromatic nitrogens is 3. The van der Waals surface area contributed by atoms with Gasteiger partial charge in [-0.15, -0.1) is 0 Å². The molecule has 7 nitrogen and oxygen atoms in total. The number of halogens is 2. The summed E-state index contributed by atoms with van der Waals surface area (Å²) < 4.78 is 20.9. The summed E-state index contributed by atoms with van der Waals surface area (Å²) >= 11 is 5.95. The van der Waals surface area contributed by atoms with Gasteiger partial charge in [-0.05, 0) is 43.3 Å². The number of carbonyl (C=O) groups is 1. The Labute approximate surface area is 182 Å². The van der Waals surface area contributed by atoms with E-state index in [9.17, 15) is 9.18 Å². The highest BCUT2D eigenvalue weighted by molar-refractivity contribution is 6.30. The van der Waals surface area contributed by atoms with E-state index < -0.39 is 11.8 Å². The van der Waals surface area contributed by atoms with Crippen LogP contribution in [0.1, 0.15) is 17.3 Å². The first-order valence-corrected chi connectivity index (χ1v) is 9.92. The summed E-state index contributed by atoms with van der Waals surface area (Å²) in [6.45, 7) is 1.89.